The highest BCUT2D eigenvalue weighted by Gasteiger charge is 2.32. The number of thioether (sulfide) groups is 1. The SMILES string of the molecule is CCc1c(Oc2cccc(/C=C3\SC(=O)N(C)C3=O)c2)ncnc1OC1CCN(c2nc(C(C)C)no2)CC1. The Balaban J connectivity index is 1.25. The monoisotopic (exact) mass is 550 g/mol. The van der Waals surface area contributed by atoms with Crippen LogP contribution in [0.4, 0.5) is 10.8 Å². The van der Waals surface area contributed by atoms with Crippen molar-refractivity contribution in [1.82, 2.24) is 25.0 Å². The number of amides is 2. The fourth-order valence-corrected chi connectivity index (χ4v) is 5.09. The second-order valence-corrected chi connectivity index (χ2v) is 10.6. The van der Waals surface area contributed by atoms with E-state index in [-0.39, 0.29) is 23.2 Å². The summed E-state index contributed by atoms with van der Waals surface area (Å²) in [4.78, 5) is 40.9. The van der Waals surface area contributed by atoms with Crippen LogP contribution in [0.1, 0.15) is 56.5 Å². The van der Waals surface area contributed by atoms with Gasteiger partial charge in [-0.15, -0.1) is 0 Å². The first-order valence-electron chi connectivity index (χ1n) is 12.9. The third-order valence-corrected chi connectivity index (χ3v) is 7.48. The zero-order valence-corrected chi connectivity index (χ0v) is 23.1. The summed E-state index contributed by atoms with van der Waals surface area (Å²) >= 11 is 0.918. The molecular formula is C27H30N6O5S. The molecule has 2 aromatic heterocycles. The minimum atomic E-state index is -0.314. The molecule has 2 aliphatic rings. The number of nitrogens with zero attached hydrogens (tertiary/aromatic N) is 6. The molecule has 0 aliphatic carbocycles. The molecule has 2 amide bonds. The maximum absolute atomic E-state index is 12.2. The third-order valence-electron chi connectivity index (χ3n) is 6.51. The summed E-state index contributed by atoms with van der Waals surface area (Å²) in [7, 11) is 1.47. The molecule has 1 aromatic carbocycles. The molecule has 0 saturated carbocycles. The number of piperidine rings is 1. The minimum Gasteiger partial charge on any atom is -0.474 e. The van der Waals surface area contributed by atoms with Gasteiger partial charge >= 0.3 is 6.01 Å². The highest BCUT2D eigenvalue weighted by Crippen LogP contribution is 2.34. The molecule has 12 heteroatoms. The van der Waals surface area contributed by atoms with E-state index < -0.39 is 0 Å². The lowest BCUT2D eigenvalue weighted by Crippen LogP contribution is -2.38. The molecule has 0 unspecified atom stereocenters. The molecule has 0 N–H and O–H groups in total. The lowest BCUT2D eigenvalue weighted by atomic mass is 10.1. The summed E-state index contributed by atoms with van der Waals surface area (Å²) in [6, 6.07) is 7.82. The normalized spacial score (nSPS) is 17.5. The predicted octanol–water partition coefficient (Wildman–Crippen LogP) is 5.05. The van der Waals surface area contributed by atoms with Crippen molar-refractivity contribution < 1.29 is 23.6 Å². The van der Waals surface area contributed by atoms with Crippen molar-refractivity contribution in [2.24, 2.45) is 0 Å². The molecule has 0 radical (unpaired) electrons. The maximum Gasteiger partial charge on any atom is 0.324 e. The molecule has 4 heterocycles. The largest absolute Gasteiger partial charge is 0.474 e. The molecule has 0 atom stereocenters. The van der Waals surface area contributed by atoms with Gasteiger partial charge in [-0.05, 0) is 42.0 Å². The van der Waals surface area contributed by atoms with E-state index in [9.17, 15) is 9.59 Å². The number of hydrogen-bond acceptors (Lipinski definition) is 11. The number of aromatic nitrogens is 4. The van der Waals surface area contributed by atoms with Gasteiger partial charge < -0.3 is 18.9 Å². The molecule has 0 spiro atoms. The second kappa shape index (κ2) is 11.4. The summed E-state index contributed by atoms with van der Waals surface area (Å²) in [5, 5.41) is 3.77. The quantitative estimate of drug-likeness (QED) is 0.350. The van der Waals surface area contributed by atoms with Crippen molar-refractivity contribution in [2.75, 3.05) is 25.0 Å². The van der Waals surface area contributed by atoms with Crippen LogP contribution in [-0.2, 0) is 11.2 Å². The Labute approximate surface area is 230 Å². The Morgan fingerprint density at radius 3 is 2.62 bits per heavy atom. The number of anilines is 1. The van der Waals surface area contributed by atoms with Crippen LogP contribution in [0.15, 0.2) is 40.0 Å². The van der Waals surface area contributed by atoms with E-state index in [0.29, 0.717) is 40.7 Å². The van der Waals surface area contributed by atoms with Crippen LogP contribution in [0.3, 0.4) is 0 Å². The summed E-state index contributed by atoms with van der Waals surface area (Å²) in [5.74, 6) is 2.08. The molecule has 204 valence electrons. The molecule has 3 aromatic rings. The zero-order chi connectivity index (χ0) is 27.5. The topological polar surface area (TPSA) is 124 Å². The van der Waals surface area contributed by atoms with Gasteiger partial charge in [0.15, 0.2) is 5.82 Å². The Bertz CT molecular complexity index is 1400. The number of imide groups is 1. The second-order valence-electron chi connectivity index (χ2n) is 9.63. The number of ether oxygens (including phenoxy) is 2. The van der Waals surface area contributed by atoms with Gasteiger partial charge in [0.25, 0.3) is 11.1 Å². The predicted molar refractivity (Wildman–Crippen MR) is 146 cm³/mol. The van der Waals surface area contributed by atoms with E-state index in [2.05, 4.69) is 25.0 Å². The number of carbonyl (C=O) groups excluding carboxylic acids is 2. The lowest BCUT2D eigenvalue weighted by molar-refractivity contribution is -0.121. The number of benzene rings is 1. The van der Waals surface area contributed by atoms with Gasteiger partial charge in [0.05, 0.1) is 10.5 Å². The van der Waals surface area contributed by atoms with Gasteiger partial charge in [-0.25, -0.2) is 9.97 Å². The first-order chi connectivity index (χ1) is 18.8. The minimum absolute atomic E-state index is 0.0148. The third kappa shape index (κ3) is 5.90. The van der Waals surface area contributed by atoms with E-state index in [1.807, 2.05) is 39.0 Å². The molecule has 0 bridgehead atoms. The molecule has 2 fully saturated rings. The molecule has 2 aliphatic heterocycles. The van der Waals surface area contributed by atoms with Crippen molar-refractivity contribution in [3.05, 3.63) is 52.4 Å². The summed E-state index contributed by atoms with van der Waals surface area (Å²) in [5.41, 5.74) is 1.51. The van der Waals surface area contributed by atoms with Gasteiger partial charge in [-0.1, -0.05) is 38.1 Å². The van der Waals surface area contributed by atoms with Crippen LogP contribution >= 0.6 is 11.8 Å². The van der Waals surface area contributed by atoms with Gasteiger partial charge in [0.2, 0.25) is 11.8 Å². The highest BCUT2D eigenvalue weighted by molar-refractivity contribution is 8.18. The molecule has 5 rings (SSSR count). The fourth-order valence-electron chi connectivity index (χ4n) is 4.26. The van der Waals surface area contributed by atoms with Gasteiger partial charge in [-0.2, -0.15) is 4.98 Å². The Hall–Kier alpha value is -3.93. The van der Waals surface area contributed by atoms with Crippen molar-refractivity contribution >= 4 is 35.0 Å². The van der Waals surface area contributed by atoms with E-state index in [1.54, 1.807) is 12.1 Å². The van der Waals surface area contributed by atoms with E-state index >= 15 is 0 Å². The lowest BCUT2D eigenvalue weighted by Gasteiger charge is -2.30. The Morgan fingerprint density at radius 2 is 1.95 bits per heavy atom. The molecule has 11 nitrogen and oxygen atoms in total. The standard InChI is InChI=1S/C27H30N6O5S/c1-5-20-23(36-18-9-11-33(12-10-18)26-30-22(16(2)3)31-38-26)28-15-29-24(20)37-19-8-6-7-17(13-19)14-21-25(34)32(4)27(35)39-21/h6-8,13-16,18H,5,9-12H2,1-4H3/b21-14-. The molecule has 39 heavy (non-hydrogen) atoms. The van der Waals surface area contributed by atoms with E-state index in [0.717, 1.165) is 53.7 Å². The van der Waals surface area contributed by atoms with Crippen LogP contribution in [0.25, 0.3) is 6.08 Å². The number of carbonyl (C=O) groups is 2. The average Bonchev–Trinajstić information content (AvgIpc) is 3.51. The number of likely N-dealkylation sites (N-methyl/N-ethyl adjacent to an activating group) is 1. The fraction of sp³-hybridized carbons (Fsp3) is 0.407. The van der Waals surface area contributed by atoms with Gasteiger partial charge in [-0.3, -0.25) is 14.5 Å². The van der Waals surface area contributed by atoms with Crippen LogP contribution in [0, 0.1) is 0 Å². The molecular weight excluding hydrogens is 520 g/mol. The van der Waals surface area contributed by atoms with Crippen LogP contribution in [0.5, 0.6) is 17.5 Å². The first-order valence-corrected chi connectivity index (χ1v) is 13.7. The number of rotatable bonds is 8. The van der Waals surface area contributed by atoms with E-state index in [4.69, 9.17) is 14.0 Å². The number of hydrogen-bond donors (Lipinski definition) is 0. The zero-order valence-electron chi connectivity index (χ0n) is 22.3. The smallest absolute Gasteiger partial charge is 0.324 e. The van der Waals surface area contributed by atoms with Crippen molar-refractivity contribution in [3.63, 3.8) is 0 Å². The van der Waals surface area contributed by atoms with Crippen molar-refractivity contribution in [3.8, 4) is 17.5 Å². The van der Waals surface area contributed by atoms with Crippen LogP contribution < -0.4 is 14.4 Å². The van der Waals surface area contributed by atoms with Crippen molar-refractivity contribution in [2.45, 2.75) is 52.1 Å². The average molecular weight is 551 g/mol. The Morgan fingerprint density at radius 1 is 1.18 bits per heavy atom. The highest BCUT2D eigenvalue weighted by atomic mass is 32.2. The molecule has 2 saturated heterocycles. The Kier molecular flexibility index (Phi) is 7.82. The summed E-state index contributed by atoms with van der Waals surface area (Å²) in [6.07, 6.45) is 5.29. The summed E-state index contributed by atoms with van der Waals surface area (Å²) < 4.78 is 17.9. The summed E-state index contributed by atoms with van der Waals surface area (Å²) in [6.45, 7) is 7.55. The van der Waals surface area contributed by atoms with Crippen LogP contribution in [-0.4, -0.2) is 62.4 Å². The first kappa shape index (κ1) is 26.7. The van der Waals surface area contributed by atoms with E-state index in [1.165, 1.54) is 13.4 Å². The van der Waals surface area contributed by atoms with Crippen molar-refractivity contribution in [1.29, 1.82) is 0 Å². The van der Waals surface area contributed by atoms with Crippen LogP contribution in [0.2, 0.25) is 0 Å². The van der Waals surface area contributed by atoms with Gasteiger partial charge in [0, 0.05) is 38.9 Å². The van der Waals surface area contributed by atoms with Gasteiger partial charge in [0.1, 0.15) is 18.2 Å². The maximum atomic E-state index is 12.2.